The molecule has 0 saturated carbocycles. The third-order valence-corrected chi connectivity index (χ3v) is 5.51. The van der Waals surface area contributed by atoms with Crippen LogP contribution < -0.4 is 4.74 Å². The van der Waals surface area contributed by atoms with Crippen molar-refractivity contribution in [2.24, 2.45) is 0 Å². The molecule has 1 heterocycles. The molecule has 1 aromatic heterocycles. The van der Waals surface area contributed by atoms with Gasteiger partial charge in [0, 0.05) is 50.7 Å². The highest BCUT2D eigenvalue weighted by Gasteiger charge is 2.15. The first-order valence-electron chi connectivity index (χ1n) is 10.5. The molecule has 0 atom stereocenters. The van der Waals surface area contributed by atoms with Crippen LogP contribution in [0.2, 0.25) is 0 Å². The molecule has 0 radical (unpaired) electrons. The van der Waals surface area contributed by atoms with Gasteiger partial charge in [-0.1, -0.05) is 19.1 Å². The molecule has 3 rings (SSSR count). The molecule has 0 amide bonds. The standard InChI is InChI=1S/C25H31NO5/c1-6-11-26-16-20(14-18-8-9-19(25(27)31-5)15-23(18)28-2)21-12-17(7-10-22(21)26)13-24(29-3)30-4/h7-10,12,15-16,24H,6,11,13-14H2,1-5H3. The van der Waals surface area contributed by atoms with Crippen molar-refractivity contribution in [1.29, 1.82) is 0 Å². The molecule has 0 fully saturated rings. The minimum atomic E-state index is -0.375. The highest BCUT2D eigenvalue weighted by atomic mass is 16.7. The molecule has 0 unspecified atom stereocenters. The lowest BCUT2D eigenvalue weighted by Crippen LogP contribution is -2.15. The zero-order chi connectivity index (χ0) is 22.4. The fourth-order valence-electron chi connectivity index (χ4n) is 3.91. The van der Waals surface area contributed by atoms with Crippen LogP contribution in [0.25, 0.3) is 10.9 Å². The Hall–Kier alpha value is -2.83. The zero-order valence-electron chi connectivity index (χ0n) is 18.9. The van der Waals surface area contributed by atoms with E-state index in [9.17, 15) is 4.79 Å². The van der Waals surface area contributed by atoms with E-state index in [0.29, 0.717) is 24.2 Å². The van der Waals surface area contributed by atoms with Gasteiger partial charge >= 0.3 is 5.97 Å². The third kappa shape index (κ3) is 5.09. The number of fused-ring (bicyclic) bond motifs is 1. The van der Waals surface area contributed by atoms with Gasteiger partial charge in [-0.15, -0.1) is 0 Å². The Labute approximate surface area is 183 Å². The van der Waals surface area contributed by atoms with Crippen molar-refractivity contribution in [1.82, 2.24) is 4.57 Å². The van der Waals surface area contributed by atoms with Crippen molar-refractivity contribution in [2.45, 2.75) is 39.0 Å². The molecule has 6 nitrogen and oxygen atoms in total. The second kappa shape index (κ2) is 10.5. The van der Waals surface area contributed by atoms with Gasteiger partial charge in [-0.3, -0.25) is 0 Å². The zero-order valence-corrected chi connectivity index (χ0v) is 18.9. The van der Waals surface area contributed by atoms with E-state index in [2.05, 4.69) is 35.9 Å². The van der Waals surface area contributed by atoms with Gasteiger partial charge in [-0.05, 0) is 47.4 Å². The molecule has 0 aliphatic carbocycles. The fourth-order valence-corrected chi connectivity index (χ4v) is 3.91. The normalized spacial score (nSPS) is 11.3. The monoisotopic (exact) mass is 425 g/mol. The first-order valence-corrected chi connectivity index (χ1v) is 10.5. The van der Waals surface area contributed by atoms with Crippen LogP contribution in [0, 0.1) is 0 Å². The van der Waals surface area contributed by atoms with Gasteiger partial charge in [-0.2, -0.15) is 0 Å². The van der Waals surface area contributed by atoms with E-state index in [1.807, 2.05) is 6.07 Å². The number of hydrogen-bond acceptors (Lipinski definition) is 5. The molecule has 6 heteroatoms. The number of methoxy groups -OCH3 is 4. The maximum absolute atomic E-state index is 11.9. The molecule has 0 saturated heterocycles. The number of rotatable bonds is 10. The summed E-state index contributed by atoms with van der Waals surface area (Å²) in [6.45, 7) is 3.13. The van der Waals surface area contributed by atoms with Crippen LogP contribution in [0.4, 0.5) is 0 Å². The van der Waals surface area contributed by atoms with Crippen molar-refractivity contribution >= 4 is 16.9 Å². The third-order valence-electron chi connectivity index (χ3n) is 5.51. The lowest BCUT2D eigenvalue weighted by molar-refractivity contribution is -0.100. The molecule has 0 aliphatic heterocycles. The summed E-state index contributed by atoms with van der Waals surface area (Å²) in [5.41, 5.74) is 5.06. The Bertz CT molecular complexity index is 1040. The summed E-state index contributed by atoms with van der Waals surface area (Å²) in [7, 11) is 6.30. The predicted molar refractivity (Wildman–Crippen MR) is 121 cm³/mol. The van der Waals surface area contributed by atoms with E-state index >= 15 is 0 Å². The minimum Gasteiger partial charge on any atom is -0.496 e. The van der Waals surface area contributed by atoms with Crippen molar-refractivity contribution in [3.8, 4) is 5.75 Å². The maximum Gasteiger partial charge on any atom is 0.337 e. The number of carbonyl (C=O) groups is 1. The molecule has 0 bridgehead atoms. The quantitative estimate of drug-likeness (QED) is 0.351. The van der Waals surface area contributed by atoms with E-state index < -0.39 is 0 Å². The molecular formula is C25H31NO5. The predicted octanol–water partition coefficient (Wildman–Crippen LogP) is 4.60. The van der Waals surface area contributed by atoms with Gasteiger partial charge in [-0.25, -0.2) is 4.79 Å². The summed E-state index contributed by atoms with van der Waals surface area (Å²) in [5, 5.41) is 1.20. The van der Waals surface area contributed by atoms with E-state index in [4.69, 9.17) is 18.9 Å². The van der Waals surface area contributed by atoms with Crippen LogP contribution in [0.3, 0.4) is 0 Å². The summed E-state index contributed by atoms with van der Waals surface area (Å²) in [4.78, 5) is 11.9. The largest absolute Gasteiger partial charge is 0.496 e. The number of carbonyl (C=O) groups excluding carboxylic acids is 1. The van der Waals surface area contributed by atoms with E-state index in [1.54, 1.807) is 33.5 Å². The Balaban J connectivity index is 2.01. The molecule has 31 heavy (non-hydrogen) atoms. The second-order valence-electron chi connectivity index (χ2n) is 7.50. The van der Waals surface area contributed by atoms with Crippen LogP contribution in [-0.2, 0) is 33.6 Å². The molecular weight excluding hydrogens is 394 g/mol. The lowest BCUT2D eigenvalue weighted by atomic mass is 10.00. The van der Waals surface area contributed by atoms with Crippen LogP contribution in [0.5, 0.6) is 5.75 Å². The minimum absolute atomic E-state index is 0.274. The van der Waals surface area contributed by atoms with E-state index in [0.717, 1.165) is 24.1 Å². The Kier molecular flexibility index (Phi) is 7.71. The SMILES string of the molecule is CCCn1cc(Cc2ccc(C(=O)OC)cc2OC)c2cc(CC(OC)OC)ccc21. The average Bonchev–Trinajstić information content (AvgIpc) is 3.13. The molecule has 3 aromatic rings. The smallest absolute Gasteiger partial charge is 0.337 e. The second-order valence-corrected chi connectivity index (χ2v) is 7.50. The molecule has 0 N–H and O–H groups in total. The van der Waals surface area contributed by atoms with E-state index in [-0.39, 0.29) is 12.3 Å². The first kappa shape index (κ1) is 22.8. The lowest BCUT2D eigenvalue weighted by Gasteiger charge is -2.13. The van der Waals surface area contributed by atoms with Gasteiger partial charge in [0.2, 0.25) is 0 Å². The van der Waals surface area contributed by atoms with Crippen LogP contribution in [0.1, 0.15) is 40.4 Å². The maximum atomic E-state index is 11.9. The highest BCUT2D eigenvalue weighted by molar-refractivity contribution is 5.90. The Morgan fingerprint density at radius 1 is 1.00 bits per heavy atom. The number of aryl methyl sites for hydroxylation is 1. The molecule has 0 spiro atoms. The summed E-state index contributed by atoms with van der Waals surface area (Å²) in [5.74, 6) is 0.300. The number of benzene rings is 2. The molecule has 0 aliphatic rings. The number of aromatic nitrogens is 1. The topological polar surface area (TPSA) is 58.9 Å². The Morgan fingerprint density at radius 3 is 2.42 bits per heavy atom. The van der Waals surface area contributed by atoms with Gasteiger partial charge in [0.1, 0.15) is 5.75 Å². The van der Waals surface area contributed by atoms with Crippen LogP contribution in [0.15, 0.2) is 42.6 Å². The summed E-state index contributed by atoms with van der Waals surface area (Å²) >= 11 is 0. The summed E-state index contributed by atoms with van der Waals surface area (Å²) in [6.07, 6.45) is 4.37. The Morgan fingerprint density at radius 2 is 1.77 bits per heavy atom. The average molecular weight is 426 g/mol. The van der Waals surface area contributed by atoms with Gasteiger partial charge in [0.15, 0.2) is 6.29 Å². The van der Waals surface area contributed by atoms with Crippen molar-refractivity contribution in [3.05, 3.63) is 64.8 Å². The molecule has 166 valence electrons. The van der Waals surface area contributed by atoms with Crippen molar-refractivity contribution < 1.29 is 23.7 Å². The fraction of sp³-hybridized carbons (Fsp3) is 0.400. The summed E-state index contributed by atoms with van der Waals surface area (Å²) < 4.78 is 23.5. The first-order chi connectivity index (χ1) is 15.0. The van der Waals surface area contributed by atoms with E-state index in [1.165, 1.54) is 23.6 Å². The number of esters is 1. The van der Waals surface area contributed by atoms with Gasteiger partial charge in [0.05, 0.1) is 19.8 Å². The van der Waals surface area contributed by atoms with Crippen LogP contribution >= 0.6 is 0 Å². The number of ether oxygens (including phenoxy) is 4. The van der Waals surface area contributed by atoms with Crippen molar-refractivity contribution in [3.63, 3.8) is 0 Å². The number of hydrogen-bond donors (Lipinski definition) is 0. The van der Waals surface area contributed by atoms with Gasteiger partial charge < -0.3 is 23.5 Å². The molecule has 2 aromatic carbocycles. The van der Waals surface area contributed by atoms with Crippen molar-refractivity contribution in [2.75, 3.05) is 28.4 Å². The number of nitrogens with zero attached hydrogens (tertiary/aromatic N) is 1. The van der Waals surface area contributed by atoms with Gasteiger partial charge in [0.25, 0.3) is 0 Å². The summed E-state index contributed by atoms with van der Waals surface area (Å²) in [6, 6.07) is 12.0. The van der Waals surface area contributed by atoms with Crippen LogP contribution in [-0.4, -0.2) is 45.3 Å². The highest BCUT2D eigenvalue weighted by Crippen LogP contribution is 2.30.